The normalized spacial score (nSPS) is 20.2. The molecule has 0 aromatic carbocycles. The zero-order valence-electron chi connectivity index (χ0n) is 18.8. The molecule has 0 radical (unpaired) electrons. The fourth-order valence-corrected chi connectivity index (χ4v) is 4.56. The van der Waals surface area contributed by atoms with E-state index in [1.165, 1.54) is 4.52 Å². The first-order valence-corrected chi connectivity index (χ1v) is 11.2. The second-order valence-electron chi connectivity index (χ2n) is 9.18. The average molecular weight is 458 g/mol. The van der Waals surface area contributed by atoms with Crippen LogP contribution in [-0.4, -0.2) is 91.3 Å². The molecule has 5 heterocycles. The van der Waals surface area contributed by atoms with E-state index >= 15 is 0 Å². The van der Waals surface area contributed by atoms with Crippen molar-refractivity contribution in [3.8, 4) is 11.6 Å². The number of carbonyl (C=O) groups excluding carboxylic acids is 1. The number of anilines is 2. The number of piperazine rings is 1. The van der Waals surface area contributed by atoms with Gasteiger partial charge in [-0.2, -0.15) is 19.5 Å². The van der Waals surface area contributed by atoms with Crippen molar-refractivity contribution in [2.45, 2.75) is 38.4 Å². The first-order valence-electron chi connectivity index (χ1n) is 11.2. The van der Waals surface area contributed by atoms with Crippen LogP contribution in [0.4, 0.5) is 16.3 Å². The molecule has 12 heteroatoms. The molecule has 2 aliphatic rings. The lowest BCUT2D eigenvalue weighted by molar-refractivity contribution is -0.134. The Labute approximate surface area is 190 Å². The van der Waals surface area contributed by atoms with E-state index in [1.807, 2.05) is 9.80 Å². The molecular weight excluding hydrogens is 429 g/mol. The van der Waals surface area contributed by atoms with Crippen LogP contribution in [0.5, 0.6) is 0 Å². The van der Waals surface area contributed by atoms with E-state index in [9.17, 15) is 9.18 Å². The molecule has 3 aromatic rings. The van der Waals surface area contributed by atoms with Crippen molar-refractivity contribution in [3.05, 3.63) is 18.4 Å². The Morgan fingerprint density at radius 2 is 2.00 bits per heavy atom. The summed E-state index contributed by atoms with van der Waals surface area (Å²) in [7, 11) is 0. The fraction of sp³-hybridized carbons (Fsp3) is 0.571. The van der Waals surface area contributed by atoms with Crippen LogP contribution in [0.2, 0.25) is 0 Å². The van der Waals surface area contributed by atoms with Gasteiger partial charge in [-0.1, -0.05) is 0 Å². The Hall–Kier alpha value is -3.28. The maximum absolute atomic E-state index is 14.0. The van der Waals surface area contributed by atoms with Crippen molar-refractivity contribution in [1.82, 2.24) is 34.4 Å². The molecule has 1 atom stereocenters. The van der Waals surface area contributed by atoms with Crippen molar-refractivity contribution < 1.29 is 13.6 Å². The lowest BCUT2D eigenvalue weighted by Gasteiger charge is -2.38. The molecule has 1 amide bonds. The number of halogens is 1. The minimum absolute atomic E-state index is 0.0476. The van der Waals surface area contributed by atoms with Gasteiger partial charge in [-0.25, -0.2) is 4.39 Å². The van der Waals surface area contributed by atoms with Crippen molar-refractivity contribution in [1.29, 1.82) is 0 Å². The summed E-state index contributed by atoms with van der Waals surface area (Å²) in [6, 6.07) is 3.15. The zero-order valence-corrected chi connectivity index (χ0v) is 18.8. The Balaban J connectivity index is 1.33. The smallest absolute Gasteiger partial charge is 0.259 e. The molecule has 5 rings (SSSR count). The molecule has 2 aliphatic heterocycles. The van der Waals surface area contributed by atoms with Gasteiger partial charge in [-0.3, -0.25) is 9.69 Å². The second kappa shape index (κ2) is 8.25. The Morgan fingerprint density at radius 1 is 1.21 bits per heavy atom. The van der Waals surface area contributed by atoms with Gasteiger partial charge in [0.05, 0.1) is 6.26 Å². The Kier molecular flexibility index (Phi) is 5.39. The summed E-state index contributed by atoms with van der Waals surface area (Å²) in [4.78, 5) is 32.5. The third-order valence-corrected chi connectivity index (χ3v) is 6.04. The average Bonchev–Trinajstić information content (AvgIpc) is 3.52. The van der Waals surface area contributed by atoms with Crippen molar-refractivity contribution in [3.63, 3.8) is 0 Å². The van der Waals surface area contributed by atoms with Gasteiger partial charge in [0, 0.05) is 39.3 Å². The van der Waals surface area contributed by atoms with Crippen LogP contribution in [0.15, 0.2) is 22.8 Å². The molecule has 2 N–H and O–H groups in total. The van der Waals surface area contributed by atoms with Gasteiger partial charge in [0.1, 0.15) is 11.7 Å². The van der Waals surface area contributed by atoms with Crippen molar-refractivity contribution in [2.24, 2.45) is 0 Å². The van der Waals surface area contributed by atoms with Crippen LogP contribution in [0.1, 0.15) is 26.7 Å². The van der Waals surface area contributed by atoms with Crippen molar-refractivity contribution in [2.75, 3.05) is 49.9 Å². The Morgan fingerprint density at radius 3 is 2.70 bits per heavy atom. The highest BCUT2D eigenvalue weighted by molar-refractivity contribution is 5.85. The molecule has 2 fully saturated rings. The summed E-state index contributed by atoms with van der Waals surface area (Å²) in [6.45, 7) is 6.67. The molecule has 0 aliphatic carbocycles. The largest absolute Gasteiger partial charge is 0.461 e. The lowest BCUT2D eigenvalue weighted by atomic mass is 10.1. The number of fused-ring (bicyclic) bond motifs is 1. The van der Waals surface area contributed by atoms with Gasteiger partial charge in [-0.05, 0) is 38.8 Å². The number of rotatable bonds is 5. The van der Waals surface area contributed by atoms with Crippen LogP contribution in [0.25, 0.3) is 17.4 Å². The van der Waals surface area contributed by atoms with Crippen LogP contribution in [0, 0.1) is 0 Å². The number of aromatic nitrogens is 5. The quantitative estimate of drug-likeness (QED) is 0.602. The van der Waals surface area contributed by atoms with Gasteiger partial charge < -0.3 is 20.0 Å². The molecule has 11 nitrogen and oxygen atoms in total. The number of hydrogen-bond donors (Lipinski definition) is 1. The first-order chi connectivity index (χ1) is 15.8. The van der Waals surface area contributed by atoms with E-state index in [4.69, 9.17) is 10.2 Å². The molecule has 3 aromatic heterocycles. The number of amides is 1. The highest BCUT2D eigenvalue weighted by atomic mass is 19.1. The number of hydrogen-bond acceptors (Lipinski definition) is 9. The summed E-state index contributed by atoms with van der Waals surface area (Å²) in [5, 5.41) is 4.32. The number of furan rings is 1. The SMILES string of the molecule is CC(C)(F)CN1CCN(C(=O)[C@@H]2CCCN2c2nc(N)n3nc(-c4ccco4)nc3n2)CC1. The minimum atomic E-state index is -1.25. The number of nitrogen functional groups attached to an aromatic ring is 1. The number of nitrogens with two attached hydrogens (primary N) is 1. The number of alkyl halides is 1. The minimum Gasteiger partial charge on any atom is -0.461 e. The summed E-state index contributed by atoms with van der Waals surface area (Å²) >= 11 is 0. The standard InChI is InChI=1S/C21H28FN9O2/c1-21(2,22)13-28-8-10-29(11-9-28)17(32)14-5-3-7-30(14)19-25-18(23)31-20(26-19)24-16(27-31)15-6-4-12-33-15/h4,6,12,14H,3,5,7-11,13H2,1-2H3,(H2,23,24,25,26,27)/t14-/m0/s1. The summed E-state index contributed by atoms with van der Waals surface area (Å²) in [6.07, 6.45) is 3.11. The third-order valence-electron chi connectivity index (χ3n) is 6.04. The van der Waals surface area contributed by atoms with E-state index in [-0.39, 0.29) is 17.9 Å². The van der Waals surface area contributed by atoms with E-state index in [1.54, 1.807) is 32.2 Å². The molecule has 33 heavy (non-hydrogen) atoms. The van der Waals surface area contributed by atoms with E-state index in [0.29, 0.717) is 62.6 Å². The predicted octanol–water partition coefficient (Wildman–Crippen LogP) is 1.22. The predicted molar refractivity (Wildman–Crippen MR) is 119 cm³/mol. The van der Waals surface area contributed by atoms with Gasteiger partial charge in [0.2, 0.25) is 23.6 Å². The van der Waals surface area contributed by atoms with Crippen LogP contribution in [-0.2, 0) is 4.79 Å². The molecule has 0 saturated carbocycles. The fourth-order valence-electron chi connectivity index (χ4n) is 4.56. The van der Waals surface area contributed by atoms with Gasteiger partial charge >= 0.3 is 0 Å². The van der Waals surface area contributed by atoms with Crippen LogP contribution in [0.3, 0.4) is 0 Å². The summed E-state index contributed by atoms with van der Waals surface area (Å²) < 4.78 is 20.7. The second-order valence-corrected chi connectivity index (χ2v) is 9.18. The van der Waals surface area contributed by atoms with Crippen LogP contribution >= 0.6 is 0 Å². The molecule has 0 bridgehead atoms. The summed E-state index contributed by atoms with van der Waals surface area (Å²) in [5.74, 6) is 1.72. The van der Waals surface area contributed by atoms with E-state index < -0.39 is 5.67 Å². The lowest BCUT2D eigenvalue weighted by Crippen LogP contribution is -2.55. The van der Waals surface area contributed by atoms with E-state index in [2.05, 4.69) is 25.0 Å². The first kappa shape index (κ1) is 21.6. The maximum atomic E-state index is 14.0. The van der Waals surface area contributed by atoms with Crippen LogP contribution < -0.4 is 10.6 Å². The highest BCUT2D eigenvalue weighted by Gasteiger charge is 2.37. The summed E-state index contributed by atoms with van der Waals surface area (Å²) in [5.41, 5.74) is 4.89. The third kappa shape index (κ3) is 4.34. The maximum Gasteiger partial charge on any atom is 0.259 e. The molecule has 0 unspecified atom stereocenters. The molecular formula is C21H28FN9O2. The van der Waals surface area contributed by atoms with Gasteiger partial charge in [0.25, 0.3) is 5.78 Å². The monoisotopic (exact) mass is 457 g/mol. The highest BCUT2D eigenvalue weighted by Crippen LogP contribution is 2.26. The molecule has 0 spiro atoms. The van der Waals surface area contributed by atoms with Gasteiger partial charge in [-0.15, -0.1) is 5.10 Å². The van der Waals surface area contributed by atoms with Gasteiger partial charge in [0.15, 0.2) is 5.76 Å². The number of carbonyl (C=O) groups is 1. The molecule has 176 valence electrons. The molecule has 2 saturated heterocycles. The topological polar surface area (TPSA) is 122 Å². The van der Waals surface area contributed by atoms with Crippen molar-refractivity contribution >= 4 is 23.6 Å². The number of nitrogens with zero attached hydrogens (tertiary/aromatic N) is 8. The van der Waals surface area contributed by atoms with E-state index in [0.717, 1.165) is 12.8 Å². The zero-order chi connectivity index (χ0) is 23.2. The Bertz CT molecular complexity index is 1130.